The van der Waals surface area contributed by atoms with Gasteiger partial charge in [-0.15, -0.1) is 12.4 Å². The quantitative estimate of drug-likeness (QED) is 0.243. The van der Waals surface area contributed by atoms with Crippen LogP contribution < -0.4 is 20.1 Å². The Kier molecular flexibility index (Phi) is 12.8. The first-order valence-corrected chi connectivity index (χ1v) is 16.6. The summed E-state index contributed by atoms with van der Waals surface area (Å²) in [5.41, 5.74) is 6.04. The maximum atomic E-state index is 14.4. The molecule has 0 atom stereocenters. The molecule has 3 aromatic carbocycles. The highest BCUT2D eigenvalue weighted by molar-refractivity contribution is 7.92. The Morgan fingerprint density at radius 3 is 2.13 bits per heavy atom. The first-order valence-electron chi connectivity index (χ1n) is 14.7. The first kappa shape index (κ1) is 36.5. The van der Waals surface area contributed by atoms with Crippen molar-refractivity contribution in [2.75, 3.05) is 42.6 Å². The number of piperidine rings is 1. The number of primary amides is 1. The maximum absolute atomic E-state index is 14.4. The van der Waals surface area contributed by atoms with Crippen LogP contribution in [0.25, 0.3) is 0 Å². The smallest absolute Gasteiger partial charge is 0.322 e. The van der Waals surface area contributed by atoms with Crippen LogP contribution >= 0.6 is 12.4 Å². The number of anilines is 2. The van der Waals surface area contributed by atoms with Crippen molar-refractivity contribution in [3.05, 3.63) is 83.4 Å². The van der Waals surface area contributed by atoms with Gasteiger partial charge in [-0.05, 0) is 67.3 Å². The summed E-state index contributed by atoms with van der Waals surface area (Å²) in [6.07, 6.45) is 4.23. The van der Waals surface area contributed by atoms with Gasteiger partial charge < -0.3 is 20.7 Å². The molecule has 10 nitrogen and oxygen atoms in total. The van der Waals surface area contributed by atoms with Crippen LogP contribution in [0.2, 0.25) is 0 Å². The van der Waals surface area contributed by atoms with Crippen molar-refractivity contribution in [1.82, 2.24) is 9.80 Å². The molecule has 3 amide bonds. The van der Waals surface area contributed by atoms with E-state index in [0.717, 1.165) is 63.2 Å². The summed E-state index contributed by atoms with van der Waals surface area (Å²) in [4.78, 5) is 28.8. The Hall–Kier alpha value is -3.94. The lowest BCUT2D eigenvalue weighted by Crippen LogP contribution is -2.49. The molecule has 0 radical (unpaired) electrons. The van der Waals surface area contributed by atoms with Crippen LogP contribution in [0.5, 0.6) is 11.5 Å². The van der Waals surface area contributed by atoms with E-state index in [1.807, 2.05) is 31.2 Å². The molecule has 3 aromatic rings. The van der Waals surface area contributed by atoms with E-state index >= 15 is 0 Å². The average Bonchev–Trinajstić information content (AvgIpc) is 3.00. The second kappa shape index (κ2) is 16.1. The number of nitrogens with one attached hydrogen (secondary N) is 1. The molecule has 46 heavy (non-hydrogen) atoms. The number of rotatable bonds is 12. The van der Waals surface area contributed by atoms with Gasteiger partial charge in [-0.1, -0.05) is 25.5 Å². The molecule has 0 aliphatic carbocycles. The normalized spacial score (nSPS) is 13.8. The van der Waals surface area contributed by atoms with Crippen LogP contribution in [0.4, 0.5) is 25.0 Å². The third kappa shape index (κ3) is 9.54. The Labute approximate surface area is 274 Å². The molecular formula is C32H40ClF2N5O5S. The van der Waals surface area contributed by atoms with E-state index in [1.54, 1.807) is 29.2 Å². The molecule has 1 aliphatic rings. The zero-order valence-corrected chi connectivity index (χ0v) is 27.7. The van der Waals surface area contributed by atoms with Gasteiger partial charge in [-0.2, -0.15) is 0 Å². The second-order valence-corrected chi connectivity index (χ2v) is 13.1. The van der Waals surface area contributed by atoms with Crippen LogP contribution in [0.15, 0.2) is 60.7 Å². The Morgan fingerprint density at radius 1 is 1.00 bits per heavy atom. The zero-order chi connectivity index (χ0) is 32.7. The fraction of sp³-hybridized carbons (Fsp3) is 0.375. The minimum absolute atomic E-state index is 0. The third-order valence-corrected chi connectivity index (χ3v) is 9.04. The molecule has 14 heteroatoms. The summed E-state index contributed by atoms with van der Waals surface area (Å²) in [7, 11) is -1.85. The van der Waals surface area contributed by atoms with E-state index in [9.17, 15) is 26.8 Å². The van der Waals surface area contributed by atoms with Gasteiger partial charge in [0.05, 0.1) is 23.2 Å². The van der Waals surface area contributed by atoms with Gasteiger partial charge in [0, 0.05) is 45.3 Å². The standard InChI is InChI=1S/C32H39F2N5O5S.ClH/c1-4-5-16-39(32(41)36-30-19-27(31(35)40)28(33)20-29(30)34)24-14-17-38(18-15-24)21-22-6-10-25(11-7-22)44-26-12-8-23(9-13-26)37(2)45(3,42)43;/h6-13,19-20,24H,4-5,14-18,21H2,1-3H3,(H2,35,40)(H,36,41);1H. The Bertz CT molecular complexity index is 1600. The number of carbonyl (C=O) groups is 2. The van der Waals surface area contributed by atoms with Crippen LogP contribution in [0.1, 0.15) is 48.5 Å². The second-order valence-electron chi connectivity index (χ2n) is 11.1. The summed E-state index contributed by atoms with van der Waals surface area (Å²) in [5, 5.41) is 2.51. The summed E-state index contributed by atoms with van der Waals surface area (Å²) < 4.78 is 58.9. The number of nitrogens with two attached hydrogens (primary N) is 1. The number of likely N-dealkylation sites (tertiary alicyclic amines) is 1. The Balaban J connectivity index is 0.00000576. The van der Waals surface area contributed by atoms with Gasteiger partial charge in [0.15, 0.2) is 0 Å². The molecule has 250 valence electrons. The lowest BCUT2D eigenvalue weighted by molar-refractivity contribution is 0.0996. The highest BCUT2D eigenvalue weighted by atomic mass is 35.5. The zero-order valence-electron chi connectivity index (χ0n) is 26.0. The van der Waals surface area contributed by atoms with Crippen molar-refractivity contribution >= 4 is 45.7 Å². The van der Waals surface area contributed by atoms with Crippen molar-refractivity contribution < 1.29 is 31.5 Å². The van der Waals surface area contributed by atoms with Gasteiger partial charge in [0.1, 0.15) is 23.1 Å². The summed E-state index contributed by atoms with van der Waals surface area (Å²) >= 11 is 0. The van der Waals surface area contributed by atoms with Crippen molar-refractivity contribution in [2.45, 2.75) is 45.2 Å². The largest absolute Gasteiger partial charge is 0.457 e. The number of hydrogen-bond donors (Lipinski definition) is 2. The maximum Gasteiger partial charge on any atom is 0.322 e. The number of carbonyl (C=O) groups excluding carboxylic acids is 2. The third-order valence-electron chi connectivity index (χ3n) is 7.84. The number of amides is 3. The molecule has 1 fully saturated rings. The lowest BCUT2D eigenvalue weighted by Gasteiger charge is -2.38. The van der Waals surface area contributed by atoms with Crippen molar-refractivity contribution in [3.63, 3.8) is 0 Å². The molecule has 0 spiro atoms. The molecule has 1 heterocycles. The Morgan fingerprint density at radius 2 is 1.59 bits per heavy atom. The fourth-order valence-corrected chi connectivity index (χ4v) is 5.67. The predicted octanol–water partition coefficient (Wildman–Crippen LogP) is 5.97. The number of halogens is 3. The number of nitrogens with zero attached hydrogens (tertiary/aromatic N) is 3. The molecule has 1 aliphatic heterocycles. The monoisotopic (exact) mass is 679 g/mol. The number of hydrogen-bond acceptors (Lipinski definition) is 6. The topological polar surface area (TPSA) is 125 Å². The van der Waals surface area contributed by atoms with E-state index in [4.69, 9.17) is 10.5 Å². The first-order chi connectivity index (χ1) is 21.3. The minimum Gasteiger partial charge on any atom is -0.457 e. The summed E-state index contributed by atoms with van der Waals surface area (Å²) in [6, 6.07) is 15.5. The van der Waals surface area contributed by atoms with E-state index in [1.165, 1.54) is 11.4 Å². The predicted molar refractivity (Wildman–Crippen MR) is 177 cm³/mol. The molecule has 0 bridgehead atoms. The van der Waals surface area contributed by atoms with E-state index < -0.39 is 39.2 Å². The average molecular weight is 680 g/mol. The highest BCUT2D eigenvalue weighted by Crippen LogP contribution is 2.27. The molecule has 0 saturated carbocycles. The van der Waals surface area contributed by atoms with Crippen LogP contribution in [0, 0.1) is 11.6 Å². The molecule has 3 N–H and O–H groups in total. The molecule has 4 rings (SSSR count). The molecule has 0 aromatic heterocycles. The molecule has 0 unspecified atom stereocenters. The number of benzene rings is 3. The number of urea groups is 1. The number of unbranched alkanes of at least 4 members (excludes halogenated alkanes) is 1. The summed E-state index contributed by atoms with van der Waals surface area (Å²) in [6.45, 7) is 4.73. The lowest BCUT2D eigenvalue weighted by atomic mass is 10.0. The van der Waals surface area contributed by atoms with Gasteiger partial charge in [0.2, 0.25) is 10.0 Å². The molecule has 1 saturated heterocycles. The number of sulfonamides is 1. The van der Waals surface area contributed by atoms with Gasteiger partial charge >= 0.3 is 6.03 Å². The number of ether oxygens (including phenoxy) is 1. The van der Waals surface area contributed by atoms with Crippen LogP contribution in [-0.4, -0.2) is 69.1 Å². The van der Waals surface area contributed by atoms with E-state index in [0.29, 0.717) is 29.8 Å². The fourth-order valence-electron chi connectivity index (χ4n) is 5.16. The summed E-state index contributed by atoms with van der Waals surface area (Å²) in [5.74, 6) is -1.88. The van der Waals surface area contributed by atoms with Crippen LogP contribution in [0.3, 0.4) is 0 Å². The van der Waals surface area contributed by atoms with E-state index in [-0.39, 0.29) is 24.1 Å². The van der Waals surface area contributed by atoms with Crippen molar-refractivity contribution in [3.8, 4) is 11.5 Å². The molecular weight excluding hydrogens is 640 g/mol. The van der Waals surface area contributed by atoms with Gasteiger partial charge in [-0.3, -0.25) is 14.0 Å². The van der Waals surface area contributed by atoms with Gasteiger partial charge in [-0.25, -0.2) is 22.0 Å². The van der Waals surface area contributed by atoms with E-state index in [2.05, 4.69) is 10.2 Å². The van der Waals surface area contributed by atoms with Gasteiger partial charge in [0.25, 0.3) is 5.91 Å². The van der Waals surface area contributed by atoms with Crippen molar-refractivity contribution in [1.29, 1.82) is 0 Å². The van der Waals surface area contributed by atoms with Crippen molar-refractivity contribution in [2.24, 2.45) is 5.73 Å². The minimum atomic E-state index is -3.35. The van der Waals surface area contributed by atoms with Crippen LogP contribution in [-0.2, 0) is 16.6 Å². The SMILES string of the molecule is CCCCN(C(=O)Nc1cc(C(N)=O)c(F)cc1F)C1CCN(Cc2ccc(Oc3ccc(N(C)S(C)(=O)=O)cc3)cc2)CC1.Cl. The highest BCUT2D eigenvalue weighted by Gasteiger charge is 2.28.